The van der Waals surface area contributed by atoms with E-state index in [-0.39, 0.29) is 11.9 Å². The van der Waals surface area contributed by atoms with Gasteiger partial charge in [-0.25, -0.2) is 9.67 Å². The van der Waals surface area contributed by atoms with E-state index in [2.05, 4.69) is 24.3 Å². The van der Waals surface area contributed by atoms with Crippen LogP contribution in [0.1, 0.15) is 68.5 Å². The Morgan fingerprint density at radius 1 is 1.20 bits per heavy atom. The molecular weight excluding hydrogens is 380 g/mol. The first kappa shape index (κ1) is 20.2. The highest BCUT2D eigenvalue weighted by Crippen LogP contribution is 2.40. The number of pyridine rings is 1. The van der Waals surface area contributed by atoms with Crippen LogP contribution in [0.25, 0.3) is 11.0 Å². The largest absolute Gasteiger partial charge is 0.494 e. The zero-order chi connectivity index (χ0) is 21.3. The van der Waals surface area contributed by atoms with Crippen LogP contribution in [-0.4, -0.2) is 33.9 Å². The molecule has 0 bridgehead atoms. The third-order valence-corrected chi connectivity index (χ3v) is 5.13. The molecule has 2 aromatic heterocycles. The van der Waals surface area contributed by atoms with Crippen LogP contribution in [0.4, 0.5) is 5.69 Å². The average Bonchev–Trinajstić information content (AvgIpc) is 3.48. The van der Waals surface area contributed by atoms with Crippen molar-refractivity contribution in [1.82, 2.24) is 14.8 Å². The van der Waals surface area contributed by atoms with Gasteiger partial charge in [0.1, 0.15) is 11.5 Å². The van der Waals surface area contributed by atoms with Crippen molar-refractivity contribution < 1.29 is 14.3 Å². The summed E-state index contributed by atoms with van der Waals surface area (Å²) in [5.41, 5.74) is 2.89. The quantitative estimate of drug-likeness (QED) is 0.571. The predicted molar refractivity (Wildman–Crippen MR) is 117 cm³/mol. The minimum atomic E-state index is -0.206. The monoisotopic (exact) mass is 408 g/mol. The highest BCUT2D eigenvalue weighted by atomic mass is 16.5. The summed E-state index contributed by atoms with van der Waals surface area (Å²) >= 11 is 0. The lowest BCUT2D eigenvalue weighted by Gasteiger charge is -2.14. The molecule has 1 N–H and O–H groups in total. The molecule has 0 aliphatic heterocycles. The van der Waals surface area contributed by atoms with Crippen LogP contribution in [-0.2, 0) is 0 Å². The number of fused-ring (bicyclic) bond motifs is 1. The molecule has 1 amide bonds. The minimum absolute atomic E-state index is 0.160. The highest BCUT2D eigenvalue weighted by Gasteiger charge is 2.28. The third-order valence-electron chi connectivity index (χ3n) is 5.13. The second-order valence-corrected chi connectivity index (χ2v) is 7.77. The van der Waals surface area contributed by atoms with Gasteiger partial charge in [-0.2, -0.15) is 5.10 Å². The molecule has 1 aliphatic carbocycles. The summed E-state index contributed by atoms with van der Waals surface area (Å²) in [5, 5.41) is 8.25. The van der Waals surface area contributed by atoms with Gasteiger partial charge in [-0.1, -0.05) is 0 Å². The molecule has 4 rings (SSSR count). The van der Waals surface area contributed by atoms with Crippen molar-refractivity contribution >= 4 is 22.6 Å². The summed E-state index contributed by atoms with van der Waals surface area (Å²) in [4.78, 5) is 18.2. The molecule has 30 heavy (non-hydrogen) atoms. The summed E-state index contributed by atoms with van der Waals surface area (Å²) in [6, 6.07) is 7.52. The minimum Gasteiger partial charge on any atom is -0.494 e. The van der Waals surface area contributed by atoms with Gasteiger partial charge in [0.2, 0.25) is 0 Å². The zero-order valence-electron chi connectivity index (χ0n) is 17.9. The first-order chi connectivity index (χ1) is 14.5. The van der Waals surface area contributed by atoms with Crippen LogP contribution >= 0.6 is 0 Å². The van der Waals surface area contributed by atoms with Crippen molar-refractivity contribution in [3.8, 4) is 11.5 Å². The molecule has 7 nitrogen and oxygen atoms in total. The Labute approximate surface area is 176 Å². The van der Waals surface area contributed by atoms with Crippen LogP contribution in [0.3, 0.4) is 0 Å². The standard InChI is InChI=1S/C23H28N4O3/c1-5-29-16-9-10-21(30-6-2)20(11-16)26-23(28)17-12-19(15-7-8-15)25-22-18(17)13-24-27(22)14(3)4/h9-15H,5-8H2,1-4H3,(H,26,28). The Balaban J connectivity index is 1.74. The van der Waals surface area contributed by atoms with E-state index >= 15 is 0 Å². The molecule has 0 saturated heterocycles. The molecule has 2 heterocycles. The molecular formula is C23H28N4O3. The maximum Gasteiger partial charge on any atom is 0.256 e. The maximum atomic E-state index is 13.4. The topological polar surface area (TPSA) is 78.3 Å². The number of nitrogens with zero attached hydrogens (tertiary/aromatic N) is 3. The van der Waals surface area contributed by atoms with Crippen LogP contribution in [0, 0.1) is 0 Å². The van der Waals surface area contributed by atoms with Crippen molar-refractivity contribution in [2.45, 2.75) is 52.5 Å². The second-order valence-electron chi connectivity index (χ2n) is 7.77. The van der Waals surface area contributed by atoms with Gasteiger partial charge in [0.25, 0.3) is 5.91 Å². The van der Waals surface area contributed by atoms with Crippen molar-refractivity contribution in [2.24, 2.45) is 0 Å². The summed E-state index contributed by atoms with van der Waals surface area (Å²) in [6.07, 6.45) is 3.95. The molecule has 1 aliphatic rings. The predicted octanol–water partition coefficient (Wildman–Crippen LogP) is 4.94. The van der Waals surface area contributed by atoms with Gasteiger partial charge in [-0.15, -0.1) is 0 Å². The van der Waals surface area contributed by atoms with Gasteiger partial charge in [0.15, 0.2) is 5.65 Å². The third kappa shape index (κ3) is 3.97. The van der Waals surface area contributed by atoms with Crippen molar-refractivity contribution in [3.05, 3.63) is 41.7 Å². The number of carbonyl (C=O) groups excluding carboxylic acids is 1. The first-order valence-corrected chi connectivity index (χ1v) is 10.6. The molecule has 1 fully saturated rings. The smallest absolute Gasteiger partial charge is 0.256 e. The fraction of sp³-hybridized carbons (Fsp3) is 0.435. The number of hydrogen-bond donors (Lipinski definition) is 1. The first-order valence-electron chi connectivity index (χ1n) is 10.6. The molecule has 3 aromatic rings. The Kier molecular flexibility index (Phi) is 5.61. The number of rotatable bonds is 8. The van der Waals surface area contributed by atoms with Crippen molar-refractivity contribution in [2.75, 3.05) is 18.5 Å². The van der Waals surface area contributed by atoms with Gasteiger partial charge >= 0.3 is 0 Å². The van der Waals surface area contributed by atoms with Crippen molar-refractivity contribution in [3.63, 3.8) is 0 Å². The van der Waals surface area contributed by atoms with E-state index in [1.54, 1.807) is 12.3 Å². The number of amides is 1. The van der Waals surface area contributed by atoms with Crippen molar-refractivity contribution in [1.29, 1.82) is 0 Å². The molecule has 0 atom stereocenters. The SMILES string of the molecule is CCOc1ccc(OCC)c(NC(=O)c2cc(C3CC3)nc3c2cnn3C(C)C)c1. The lowest BCUT2D eigenvalue weighted by atomic mass is 10.1. The number of aromatic nitrogens is 3. The molecule has 158 valence electrons. The summed E-state index contributed by atoms with van der Waals surface area (Å²) in [6.45, 7) is 9.01. The lowest BCUT2D eigenvalue weighted by molar-refractivity contribution is 0.102. The van der Waals surface area contributed by atoms with E-state index in [0.29, 0.717) is 41.9 Å². The van der Waals surface area contributed by atoms with E-state index in [1.807, 2.05) is 36.7 Å². The van der Waals surface area contributed by atoms with E-state index in [0.717, 1.165) is 29.6 Å². The Morgan fingerprint density at radius 2 is 1.97 bits per heavy atom. The van der Waals surface area contributed by atoms with Gasteiger partial charge in [-0.3, -0.25) is 4.79 Å². The molecule has 1 saturated carbocycles. The number of ether oxygens (including phenoxy) is 2. The molecule has 7 heteroatoms. The number of anilines is 1. The van der Waals surface area contributed by atoms with Crippen LogP contribution in [0.5, 0.6) is 11.5 Å². The van der Waals surface area contributed by atoms with Gasteiger partial charge < -0.3 is 14.8 Å². The highest BCUT2D eigenvalue weighted by molar-refractivity contribution is 6.12. The Morgan fingerprint density at radius 3 is 2.63 bits per heavy atom. The fourth-order valence-corrected chi connectivity index (χ4v) is 3.53. The van der Waals surface area contributed by atoms with E-state index in [9.17, 15) is 4.79 Å². The number of carbonyl (C=O) groups is 1. The second kappa shape index (κ2) is 8.34. The lowest BCUT2D eigenvalue weighted by Crippen LogP contribution is -2.15. The van der Waals surface area contributed by atoms with Crippen LogP contribution in [0.2, 0.25) is 0 Å². The number of benzene rings is 1. The molecule has 1 aromatic carbocycles. The average molecular weight is 409 g/mol. The summed E-state index contributed by atoms with van der Waals surface area (Å²) in [5.74, 6) is 1.52. The normalized spacial score (nSPS) is 13.6. The maximum absolute atomic E-state index is 13.4. The van der Waals surface area contributed by atoms with Crippen LogP contribution < -0.4 is 14.8 Å². The van der Waals surface area contributed by atoms with E-state index < -0.39 is 0 Å². The Bertz CT molecular complexity index is 1070. The van der Waals surface area contributed by atoms with Gasteiger partial charge in [-0.05, 0) is 58.7 Å². The van der Waals surface area contributed by atoms with Gasteiger partial charge in [0.05, 0.1) is 36.0 Å². The fourth-order valence-electron chi connectivity index (χ4n) is 3.53. The van der Waals surface area contributed by atoms with Gasteiger partial charge in [0, 0.05) is 23.7 Å². The number of hydrogen-bond acceptors (Lipinski definition) is 5. The summed E-state index contributed by atoms with van der Waals surface area (Å²) in [7, 11) is 0. The Hall–Kier alpha value is -3.09. The van der Waals surface area contributed by atoms with E-state index in [1.165, 1.54) is 0 Å². The molecule has 0 unspecified atom stereocenters. The molecule has 0 radical (unpaired) electrons. The zero-order valence-corrected chi connectivity index (χ0v) is 17.9. The summed E-state index contributed by atoms with van der Waals surface area (Å²) < 4.78 is 13.2. The van der Waals surface area contributed by atoms with Crippen LogP contribution in [0.15, 0.2) is 30.5 Å². The van der Waals surface area contributed by atoms with E-state index in [4.69, 9.17) is 14.5 Å². The number of nitrogens with one attached hydrogen (secondary N) is 1. The molecule has 0 spiro atoms.